The van der Waals surface area contributed by atoms with Crippen molar-refractivity contribution in [1.29, 1.82) is 0 Å². The van der Waals surface area contributed by atoms with E-state index in [2.05, 4.69) is 4.98 Å². The van der Waals surface area contributed by atoms with Crippen LogP contribution in [-0.2, 0) is 0 Å². The molecular formula is C25H15FN2O2. The third-order valence-corrected chi connectivity index (χ3v) is 5.29. The van der Waals surface area contributed by atoms with Crippen LogP contribution in [0, 0.1) is 12.7 Å². The van der Waals surface area contributed by atoms with Gasteiger partial charge in [0.1, 0.15) is 17.2 Å². The van der Waals surface area contributed by atoms with Crippen LogP contribution >= 0.6 is 0 Å². The minimum atomic E-state index is -0.279. The highest BCUT2D eigenvalue weighted by molar-refractivity contribution is 6.08. The van der Waals surface area contributed by atoms with E-state index >= 15 is 0 Å². The quantitative estimate of drug-likeness (QED) is 0.320. The maximum absolute atomic E-state index is 13.2. The first-order valence-corrected chi connectivity index (χ1v) is 9.61. The summed E-state index contributed by atoms with van der Waals surface area (Å²) in [5, 5.41) is 2.87. The molecule has 0 N–H and O–H groups in total. The third kappa shape index (κ3) is 2.59. The summed E-state index contributed by atoms with van der Waals surface area (Å²) < 4.78 is 25.3. The summed E-state index contributed by atoms with van der Waals surface area (Å²) in [7, 11) is 0. The number of aromatic nitrogens is 2. The fourth-order valence-electron chi connectivity index (χ4n) is 3.80. The average molecular weight is 394 g/mol. The number of furan rings is 2. The molecule has 0 amide bonds. The molecule has 30 heavy (non-hydrogen) atoms. The molecule has 0 spiro atoms. The van der Waals surface area contributed by atoms with E-state index in [-0.39, 0.29) is 5.82 Å². The lowest BCUT2D eigenvalue weighted by atomic mass is 10.1. The van der Waals surface area contributed by atoms with Crippen LogP contribution in [0.2, 0.25) is 0 Å². The van der Waals surface area contributed by atoms with E-state index in [0.29, 0.717) is 17.2 Å². The highest BCUT2D eigenvalue weighted by Gasteiger charge is 2.15. The summed E-state index contributed by atoms with van der Waals surface area (Å²) >= 11 is 0. The van der Waals surface area contributed by atoms with Gasteiger partial charge in [0.2, 0.25) is 11.4 Å². The van der Waals surface area contributed by atoms with Gasteiger partial charge in [0, 0.05) is 33.0 Å². The van der Waals surface area contributed by atoms with Crippen molar-refractivity contribution in [2.24, 2.45) is 0 Å². The van der Waals surface area contributed by atoms with Crippen LogP contribution in [-0.4, -0.2) is 9.97 Å². The highest BCUT2D eigenvalue weighted by atomic mass is 19.1. The Labute approximate surface area is 170 Å². The summed E-state index contributed by atoms with van der Waals surface area (Å²) in [6.45, 7) is 1.94. The summed E-state index contributed by atoms with van der Waals surface area (Å²) in [4.78, 5) is 9.23. The first-order valence-electron chi connectivity index (χ1n) is 9.61. The van der Waals surface area contributed by atoms with E-state index in [1.165, 1.54) is 12.1 Å². The molecule has 5 heteroatoms. The fraction of sp³-hybridized carbons (Fsp3) is 0.0400. The maximum atomic E-state index is 13.2. The molecule has 144 valence electrons. The van der Waals surface area contributed by atoms with Gasteiger partial charge < -0.3 is 8.83 Å². The van der Waals surface area contributed by atoms with Gasteiger partial charge in [-0.05, 0) is 67.6 Å². The van der Waals surface area contributed by atoms with Crippen LogP contribution in [0.15, 0.2) is 81.6 Å². The zero-order valence-corrected chi connectivity index (χ0v) is 16.0. The minimum Gasteiger partial charge on any atom is -0.438 e. The lowest BCUT2D eigenvalue weighted by Gasteiger charge is -2.01. The Kier molecular flexibility index (Phi) is 3.53. The number of aryl methyl sites for hydroxylation is 1. The predicted molar refractivity (Wildman–Crippen MR) is 115 cm³/mol. The molecule has 0 radical (unpaired) electrons. The second-order valence-corrected chi connectivity index (χ2v) is 7.30. The van der Waals surface area contributed by atoms with E-state index < -0.39 is 0 Å². The molecular weight excluding hydrogens is 379 g/mol. The van der Waals surface area contributed by atoms with Crippen LogP contribution < -0.4 is 0 Å². The van der Waals surface area contributed by atoms with Crippen molar-refractivity contribution >= 4 is 33.2 Å². The van der Waals surface area contributed by atoms with E-state index in [1.807, 2.05) is 55.5 Å². The summed E-state index contributed by atoms with van der Waals surface area (Å²) in [5.41, 5.74) is 5.24. The van der Waals surface area contributed by atoms with Gasteiger partial charge in [-0.3, -0.25) is 0 Å². The molecule has 4 aromatic heterocycles. The zero-order valence-electron chi connectivity index (χ0n) is 16.0. The molecule has 0 unspecified atom stereocenters. The van der Waals surface area contributed by atoms with Crippen LogP contribution in [0.1, 0.15) is 5.69 Å². The second-order valence-electron chi connectivity index (χ2n) is 7.30. The lowest BCUT2D eigenvalue weighted by Crippen LogP contribution is -1.83. The van der Waals surface area contributed by atoms with Crippen molar-refractivity contribution in [3.63, 3.8) is 0 Å². The molecule has 0 fully saturated rings. The number of pyridine rings is 2. The average Bonchev–Trinajstić information content (AvgIpc) is 3.34. The Balaban J connectivity index is 1.51. The molecule has 4 heterocycles. The summed E-state index contributed by atoms with van der Waals surface area (Å²) in [6.07, 6.45) is 0. The van der Waals surface area contributed by atoms with Gasteiger partial charge in [0.05, 0.1) is 5.69 Å². The molecule has 0 atom stereocenters. The zero-order chi connectivity index (χ0) is 20.2. The van der Waals surface area contributed by atoms with Gasteiger partial charge >= 0.3 is 0 Å². The van der Waals surface area contributed by atoms with Crippen molar-refractivity contribution in [3.8, 4) is 22.6 Å². The van der Waals surface area contributed by atoms with Gasteiger partial charge in [0.25, 0.3) is 0 Å². The molecule has 4 nitrogen and oxygen atoms in total. The predicted octanol–water partition coefficient (Wildman–Crippen LogP) is 6.90. The number of nitrogens with zero attached hydrogens (tertiary/aromatic N) is 2. The molecule has 6 aromatic rings. The molecule has 0 aliphatic heterocycles. The lowest BCUT2D eigenvalue weighted by molar-refractivity contribution is 0.616. The largest absolute Gasteiger partial charge is 0.438 e. The van der Waals surface area contributed by atoms with Gasteiger partial charge in [-0.15, -0.1) is 0 Å². The highest BCUT2D eigenvalue weighted by Crippen LogP contribution is 2.36. The number of halogens is 1. The number of hydrogen-bond acceptors (Lipinski definition) is 4. The van der Waals surface area contributed by atoms with Crippen molar-refractivity contribution in [1.82, 2.24) is 9.97 Å². The smallest absolute Gasteiger partial charge is 0.227 e. The summed E-state index contributed by atoms with van der Waals surface area (Å²) in [5.74, 6) is 0.371. The van der Waals surface area contributed by atoms with E-state index in [0.717, 1.165) is 44.3 Å². The standard InChI is InChI=1S/C25H15FN2O2/c1-14-5-11-19-18-3-2-4-20(23(18)30-25(19)27-14)21-12-8-16-13-22(29-24(16)28-21)15-6-9-17(26)10-7-15/h2-13H,1H3. The Morgan fingerprint density at radius 1 is 0.767 bits per heavy atom. The normalized spacial score (nSPS) is 11.7. The Morgan fingerprint density at radius 2 is 1.63 bits per heavy atom. The summed E-state index contributed by atoms with van der Waals surface area (Å²) in [6, 6.07) is 22.1. The Morgan fingerprint density at radius 3 is 2.50 bits per heavy atom. The number of benzene rings is 2. The van der Waals surface area contributed by atoms with Gasteiger partial charge in [-0.25, -0.2) is 14.4 Å². The maximum Gasteiger partial charge on any atom is 0.227 e. The second kappa shape index (κ2) is 6.26. The minimum absolute atomic E-state index is 0.279. The number of para-hydroxylation sites is 1. The van der Waals surface area contributed by atoms with E-state index in [4.69, 9.17) is 13.8 Å². The van der Waals surface area contributed by atoms with Crippen molar-refractivity contribution in [3.05, 3.63) is 84.3 Å². The number of fused-ring (bicyclic) bond motifs is 4. The van der Waals surface area contributed by atoms with Crippen molar-refractivity contribution in [2.75, 3.05) is 0 Å². The number of hydrogen-bond donors (Lipinski definition) is 0. The molecule has 0 aliphatic rings. The van der Waals surface area contributed by atoms with Crippen molar-refractivity contribution in [2.45, 2.75) is 6.92 Å². The Hall–Kier alpha value is -3.99. The van der Waals surface area contributed by atoms with Gasteiger partial charge in [-0.2, -0.15) is 0 Å². The van der Waals surface area contributed by atoms with Crippen molar-refractivity contribution < 1.29 is 13.2 Å². The number of rotatable bonds is 2. The van der Waals surface area contributed by atoms with Crippen LogP contribution in [0.3, 0.4) is 0 Å². The van der Waals surface area contributed by atoms with Gasteiger partial charge in [-0.1, -0.05) is 12.1 Å². The topological polar surface area (TPSA) is 52.1 Å². The molecule has 0 aliphatic carbocycles. The van der Waals surface area contributed by atoms with Gasteiger partial charge in [0.15, 0.2) is 0 Å². The van der Waals surface area contributed by atoms with E-state index in [1.54, 1.807) is 12.1 Å². The van der Waals surface area contributed by atoms with Crippen LogP contribution in [0.25, 0.3) is 55.7 Å². The molecule has 0 saturated carbocycles. The molecule has 0 bridgehead atoms. The Bertz CT molecular complexity index is 1560. The molecule has 6 rings (SSSR count). The first kappa shape index (κ1) is 16.9. The SMILES string of the molecule is Cc1ccc2c(n1)oc1c(-c3ccc4cc(-c5ccc(F)cc5)oc4n3)cccc12. The molecule has 0 saturated heterocycles. The third-order valence-electron chi connectivity index (χ3n) is 5.29. The van der Waals surface area contributed by atoms with Crippen LogP contribution in [0.5, 0.6) is 0 Å². The monoisotopic (exact) mass is 394 g/mol. The molecule has 2 aromatic carbocycles. The van der Waals surface area contributed by atoms with E-state index in [9.17, 15) is 4.39 Å². The van der Waals surface area contributed by atoms with Crippen LogP contribution in [0.4, 0.5) is 4.39 Å². The first-order chi connectivity index (χ1) is 14.7. The fourth-order valence-corrected chi connectivity index (χ4v) is 3.80.